The molecule has 9 heteroatoms. The molecular weight excluding hydrogens is 383 g/mol. The SMILES string of the molecule is CCN(CC)CCN(C(=O)CN1C(=O)CCC1=O)c1nc2c(F)cccc2s1. The van der Waals surface area contributed by atoms with Crippen molar-refractivity contribution in [2.24, 2.45) is 0 Å². The smallest absolute Gasteiger partial charge is 0.248 e. The number of hydrogen-bond donors (Lipinski definition) is 0. The Morgan fingerprint density at radius 3 is 2.46 bits per heavy atom. The zero-order valence-corrected chi connectivity index (χ0v) is 16.8. The molecule has 1 aromatic heterocycles. The van der Waals surface area contributed by atoms with Crippen molar-refractivity contribution in [2.75, 3.05) is 37.6 Å². The second-order valence-corrected chi connectivity index (χ2v) is 7.54. The van der Waals surface area contributed by atoms with Crippen LogP contribution in [0.2, 0.25) is 0 Å². The molecule has 0 N–H and O–H groups in total. The van der Waals surface area contributed by atoms with Crippen molar-refractivity contribution in [2.45, 2.75) is 26.7 Å². The number of likely N-dealkylation sites (N-methyl/N-ethyl adjacent to an activating group) is 1. The van der Waals surface area contributed by atoms with Crippen LogP contribution in [0.3, 0.4) is 0 Å². The highest BCUT2D eigenvalue weighted by Crippen LogP contribution is 2.30. The standard InChI is InChI=1S/C19H23FN4O3S/c1-3-22(4-2)10-11-23(17(27)12-24-15(25)8-9-16(24)26)19-21-18-13(20)6-5-7-14(18)28-19/h5-7H,3-4,8-12H2,1-2H3. The molecule has 1 fully saturated rings. The van der Waals surface area contributed by atoms with E-state index in [9.17, 15) is 18.8 Å². The number of amides is 3. The number of para-hydroxylation sites is 1. The van der Waals surface area contributed by atoms with Crippen molar-refractivity contribution >= 4 is 44.4 Å². The Kier molecular flexibility index (Phi) is 6.35. The Morgan fingerprint density at radius 2 is 1.86 bits per heavy atom. The fourth-order valence-corrected chi connectivity index (χ4v) is 4.17. The second kappa shape index (κ2) is 8.74. The predicted molar refractivity (Wildman–Crippen MR) is 106 cm³/mol. The second-order valence-electron chi connectivity index (χ2n) is 6.53. The average molecular weight is 406 g/mol. The molecule has 0 bridgehead atoms. The largest absolute Gasteiger partial charge is 0.302 e. The van der Waals surface area contributed by atoms with Crippen LogP contribution >= 0.6 is 11.3 Å². The van der Waals surface area contributed by atoms with Crippen LogP contribution in [0.25, 0.3) is 10.2 Å². The Hall–Kier alpha value is -2.39. The van der Waals surface area contributed by atoms with Gasteiger partial charge in [0, 0.05) is 25.9 Å². The average Bonchev–Trinajstić information content (AvgIpc) is 3.24. The number of thiazole rings is 1. The van der Waals surface area contributed by atoms with Crippen LogP contribution in [0.5, 0.6) is 0 Å². The van der Waals surface area contributed by atoms with Gasteiger partial charge in [0.05, 0.1) is 4.70 Å². The molecule has 1 aromatic carbocycles. The lowest BCUT2D eigenvalue weighted by molar-refractivity contribution is -0.141. The van der Waals surface area contributed by atoms with E-state index in [1.54, 1.807) is 12.1 Å². The highest BCUT2D eigenvalue weighted by molar-refractivity contribution is 7.22. The fourth-order valence-electron chi connectivity index (χ4n) is 3.15. The minimum Gasteiger partial charge on any atom is -0.302 e. The summed E-state index contributed by atoms with van der Waals surface area (Å²) in [6.45, 7) is 6.37. The maximum Gasteiger partial charge on any atom is 0.248 e. The van der Waals surface area contributed by atoms with Crippen LogP contribution in [-0.2, 0) is 14.4 Å². The van der Waals surface area contributed by atoms with E-state index in [4.69, 9.17) is 0 Å². The molecule has 0 radical (unpaired) electrons. The molecule has 0 atom stereocenters. The Bertz CT molecular complexity index is 880. The molecule has 0 spiro atoms. The van der Waals surface area contributed by atoms with Crippen molar-refractivity contribution in [3.8, 4) is 0 Å². The number of halogens is 1. The van der Waals surface area contributed by atoms with E-state index >= 15 is 0 Å². The third kappa shape index (κ3) is 4.20. The van der Waals surface area contributed by atoms with Crippen LogP contribution in [0, 0.1) is 5.82 Å². The number of likely N-dealkylation sites (tertiary alicyclic amines) is 1. The summed E-state index contributed by atoms with van der Waals surface area (Å²) in [4.78, 5) is 45.7. The van der Waals surface area contributed by atoms with Crippen molar-refractivity contribution in [3.63, 3.8) is 0 Å². The number of aromatic nitrogens is 1. The fraction of sp³-hybridized carbons (Fsp3) is 0.474. The monoisotopic (exact) mass is 406 g/mol. The number of fused-ring (bicyclic) bond motifs is 1. The van der Waals surface area contributed by atoms with E-state index in [-0.39, 0.29) is 36.7 Å². The van der Waals surface area contributed by atoms with E-state index in [1.807, 2.05) is 13.8 Å². The summed E-state index contributed by atoms with van der Waals surface area (Å²) in [7, 11) is 0. The highest BCUT2D eigenvalue weighted by Gasteiger charge is 2.33. The van der Waals surface area contributed by atoms with Crippen molar-refractivity contribution in [1.29, 1.82) is 0 Å². The molecule has 1 aliphatic rings. The molecule has 0 saturated carbocycles. The van der Waals surface area contributed by atoms with E-state index in [1.165, 1.54) is 22.3 Å². The summed E-state index contributed by atoms with van der Waals surface area (Å²) >= 11 is 1.22. The van der Waals surface area contributed by atoms with Gasteiger partial charge in [0.25, 0.3) is 0 Å². The van der Waals surface area contributed by atoms with Crippen LogP contribution in [-0.4, -0.2) is 65.2 Å². The number of rotatable bonds is 8. The number of carbonyl (C=O) groups excluding carboxylic acids is 3. The van der Waals surface area contributed by atoms with E-state index in [0.717, 1.165) is 18.0 Å². The summed E-state index contributed by atoms with van der Waals surface area (Å²) in [6.07, 6.45) is 0.274. The first-order chi connectivity index (χ1) is 13.4. The first-order valence-corrected chi connectivity index (χ1v) is 10.2. The maximum absolute atomic E-state index is 14.1. The quantitative estimate of drug-likeness (QED) is 0.629. The van der Waals surface area contributed by atoms with Gasteiger partial charge in [-0.2, -0.15) is 0 Å². The molecule has 3 rings (SSSR count). The van der Waals surface area contributed by atoms with Gasteiger partial charge in [-0.05, 0) is 25.2 Å². The molecular formula is C19H23FN4O3S. The lowest BCUT2D eigenvalue weighted by Gasteiger charge is -2.26. The molecule has 2 heterocycles. The molecule has 7 nitrogen and oxygen atoms in total. The molecule has 0 aliphatic carbocycles. The third-order valence-electron chi connectivity index (χ3n) is 4.87. The maximum atomic E-state index is 14.1. The topological polar surface area (TPSA) is 73.8 Å². The highest BCUT2D eigenvalue weighted by atomic mass is 32.1. The Labute approximate surface area is 166 Å². The summed E-state index contributed by atoms with van der Waals surface area (Å²) in [5.41, 5.74) is 0.219. The normalized spacial score (nSPS) is 14.5. The minimum absolute atomic E-state index is 0.137. The van der Waals surface area contributed by atoms with Crippen LogP contribution in [0.1, 0.15) is 26.7 Å². The van der Waals surface area contributed by atoms with Gasteiger partial charge < -0.3 is 4.90 Å². The van der Waals surface area contributed by atoms with Gasteiger partial charge in [-0.1, -0.05) is 31.3 Å². The molecule has 1 aliphatic heterocycles. The van der Waals surface area contributed by atoms with Crippen molar-refractivity contribution in [3.05, 3.63) is 24.0 Å². The molecule has 0 unspecified atom stereocenters. The number of anilines is 1. The van der Waals surface area contributed by atoms with Gasteiger partial charge in [-0.15, -0.1) is 0 Å². The number of benzene rings is 1. The van der Waals surface area contributed by atoms with Crippen molar-refractivity contribution < 1.29 is 18.8 Å². The van der Waals surface area contributed by atoms with Crippen molar-refractivity contribution in [1.82, 2.24) is 14.8 Å². The first-order valence-electron chi connectivity index (χ1n) is 9.35. The lowest BCUT2D eigenvalue weighted by atomic mass is 10.3. The number of carbonyl (C=O) groups is 3. The third-order valence-corrected chi connectivity index (χ3v) is 5.92. The predicted octanol–water partition coefficient (Wildman–Crippen LogP) is 2.26. The zero-order chi connectivity index (χ0) is 20.3. The van der Waals surface area contributed by atoms with Gasteiger partial charge in [0.1, 0.15) is 17.9 Å². The molecule has 28 heavy (non-hydrogen) atoms. The van der Waals surface area contributed by atoms with Crippen LogP contribution in [0.4, 0.5) is 9.52 Å². The van der Waals surface area contributed by atoms with Gasteiger partial charge in [-0.3, -0.25) is 24.2 Å². The van der Waals surface area contributed by atoms with Crippen LogP contribution < -0.4 is 4.90 Å². The van der Waals surface area contributed by atoms with E-state index in [0.29, 0.717) is 22.9 Å². The Morgan fingerprint density at radius 1 is 1.18 bits per heavy atom. The minimum atomic E-state index is -0.443. The number of imide groups is 1. The first kappa shape index (κ1) is 20.3. The summed E-state index contributed by atoms with van der Waals surface area (Å²) < 4.78 is 14.7. The number of nitrogens with zero attached hydrogens (tertiary/aromatic N) is 4. The summed E-state index contributed by atoms with van der Waals surface area (Å²) in [6, 6.07) is 4.68. The lowest BCUT2D eigenvalue weighted by Crippen LogP contribution is -2.45. The number of hydrogen-bond acceptors (Lipinski definition) is 6. The molecule has 150 valence electrons. The molecule has 1 saturated heterocycles. The van der Waals surface area contributed by atoms with Gasteiger partial charge >= 0.3 is 0 Å². The van der Waals surface area contributed by atoms with Crippen LogP contribution in [0.15, 0.2) is 18.2 Å². The van der Waals surface area contributed by atoms with Gasteiger partial charge in [-0.25, -0.2) is 9.37 Å². The van der Waals surface area contributed by atoms with Gasteiger partial charge in [0.2, 0.25) is 17.7 Å². The van der Waals surface area contributed by atoms with Gasteiger partial charge in [0.15, 0.2) is 5.13 Å². The summed E-state index contributed by atoms with van der Waals surface area (Å²) in [5, 5.41) is 0.372. The van der Waals surface area contributed by atoms with E-state index < -0.39 is 11.7 Å². The Balaban J connectivity index is 1.87. The summed E-state index contributed by atoms with van der Waals surface area (Å²) in [5.74, 6) is -1.51. The molecule has 3 amide bonds. The molecule has 2 aromatic rings. The zero-order valence-electron chi connectivity index (χ0n) is 16.0. The van der Waals surface area contributed by atoms with E-state index in [2.05, 4.69) is 9.88 Å².